The maximum Gasteiger partial charge on any atom is 0.0717 e. The van der Waals surface area contributed by atoms with Crippen LogP contribution >= 0.6 is 0 Å². The van der Waals surface area contributed by atoms with Crippen LogP contribution in [-0.2, 0) is 33.5 Å². The summed E-state index contributed by atoms with van der Waals surface area (Å²) in [5.41, 5.74) is 2.31. The molecule has 1 aliphatic heterocycles. The van der Waals surface area contributed by atoms with Crippen LogP contribution in [0.5, 0.6) is 0 Å². The molecule has 0 spiro atoms. The first-order valence-electron chi connectivity index (χ1n) is 7.95. The highest BCUT2D eigenvalue weighted by Gasteiger charge is 2.38. The van der Waals surface area contributed by atoms with E-state index in [2.05, 4.69) is 0 Å². The lowest BCUT2D eigenvalue weighted by molar-refractivity contribution is 0.0967. The molecule has 3 atom stereocenters. The zero-order valence-electron chi connectivity index (χ0n) is 13.1. The van der Waals surface area contributed by atoms with Gasteiger partial charge in [-0.25, -0.2) is 0 Å². The van der Waals surface area contributed by atoms with Crippen LogP contribution in [0, 0.1) is 0 Å². The Bertz CT molecular complexity index is 562. The Labute approximate surface area is 140 Å². The number of hydrogen-bond donors (Lipinski definition) is 0. The Morgan fingerprint density at radius 2 is 1.22 bits per heavy atom. The first-order valence-corrected chi connectivity index (χ1v) is 9.23. The molecular formula is C19H22O3S. The Morgan fingerprint density at radius 3 is 1.61 bits per heavy atom. The fraction of sp³-hybridized carbons (Fsp3) is 0.368. The van der Waals surface area contributed by atoms with Gasteiger partial charge in [0.15, 0.2) is 0 Å². The van der Waals surface area contributed by atoms with Crippen molar-refractivity contribution in [2.24, 2.45) is 0 Å². The zero-order valence-corrected chi connectivity index (χ0v) is 13.9. The third-order valence-electron chi connectivity index (χ3n) is 4.01. The predicted octanol–water partition coefficient (Wildman–Crippen LogP) is 3.31. The molecule has 3 rings (SSSR count). The Morgan fingerprint density at radius 1 is 0.783 bits per heavy atom. The van der Waals surface area contributed by atoms with Gasteiger partial charge in [-0.3, -0.25) is 4.21 Å². The minimum Gasteiger partial charge on any atom is -0.376 e. The third kappa shape index (κ3) is 4.74. The van der Waals surface area contributed by atoms with E-state index in [1.54, 1.807) is 0 Å². The van der Waals surface area contributed by atoms with Gasteiger partial charge in [-0.1, -0.05) is 60.7 Å². The second kappa shape index (κ2) is 8.39. The average Bonchev–Trinajstić information content (AvgIpc) is 2.61. The highest BCUT2D eigenvalue weighted by atomic mass is 32.2. The second-order valence-electron chi connectivity index (χ2n) is 5.81. The van der Waals surface area contributed by atoms with Crippen molar-refractivity contribution in [1.29, 1.82) is 0 Å². The minimum absolute atomic E-state index is 0.157. The van der Waals surface area contributed by atoms with Crippen LogP contribution in [0.15, 0.2) is 60.7 Å². The van der Waals surface area contributed by atoms with Crippen LogP contribution in [0.25, 0.3) is 0 Å². The van der Waals surface area contributed by atoms with Gasteiger partial charge in [-0.05, 0) is 17.5 Å². The molecule has 1 heterocycles. The molecule has 0 saturated carbocycles. The molecule has 0 radical (unpaired) electrons. The smallest absolute Gasteiger partial charge is 0.0717 e. The lowest BCUT2D eigenvalue weighted by Gasteiger charge is -2.34. The molecule has 1 aliphatic rings. The van der Waals surface area contributed by atoms with Gasteiger partial charge >= 0.3 is 0 Å². The topological polar surface area (TPSA) is 35.5 Å². The SMILES string of the molecule is O=S1[C@H](COCc2ccccc2)C[C@@H]1COCc1ccccc1. The maximum absolute atomic E-state index is 12.2. The van der Waals surface area contributed by atoms with Crippen molar-refractivity contribution in [2.75, 3.05) is 13.2 Å². The summed E-state index contributed by atoms with van der Waals surface area (Å²) in [6.07, 6.45) is 0.927. The van der Waals surface area contributed by atoms with Gasteiger partial charge in [0.05, 0.1) is 36.9 Å². The highest BCUT2D eigenvalue weighted by Crippen LogP contribution is 2.26. The number of ether oxygens (including phenoxy) is 2. The van der Waals surface area contributed by atoms with E-state index in [4.69, 9.17) is 9.47 Å². The number of rotatable bonds is 8. The largest absolute Gasteiger partial charge is 0.376 e. The van der Waals surface area contributed by atoms with Crippen molar-refractivity contribution >= 4 is 10.8 Å². The van der Waals surface area contributed by atoms with Crippen molar-refractivity contribution in [1.82, 2.24) is 0 Å². The first kappa shape index (κ1) is 16.4. The van der Waals surface area contributed by atoms with E-state index in [-0.39, 0.29) is 10.5 Å². The van der Waals surface area contributed by atoms with Crippen molar-refractivity contribution in [2.45, 2.75) is 30.1 Å². The van der Waals surface area contributed by atoms with Crippen molar-refractivity contribution in [3.05, 3.63) is 71.8 Å². The summed E-state index contributed by atoms with van der Waals surface area (Å²) in [6.45, 7) is 2.31. The highest BCUT2D eigenvalue weighted by molar-refractivity contribution is 7.87. The van der Waals surface area contributed by atoms with E-state index >= 15 is 0 Å². The van der Waals surface area contributed by atoms with Crippen molar-refractivity contribution < 1.29 is 13.7 Å². The van der Waals surface area contributed by atoms with Crippen LogP contribution in [-0.4, -0.2) is 27.9 Å². The molecule has 0 aliphatic carbocycles. The van der Waals surface area contributed by atoms with Crippen molar-refractivity contribution in [3.8, 4) is 0 Å². The zero-order chi connectivity index (χ0) is 15.9. The summed E-state index contributed by atoms with van der Waals surface area (Å²) in [4.78, 5) is 0. The van der Waals surface area contributed by atoms with Gasteiger partial charge in [0, 0.05) is 10.8 Å². The summed E-state index contributed by atoms with van der Waals surface area (Å²) >= 11 is 0. The van der Waals surface area contributed by atoms with Crippen LogP contribution in [0.3, 0.4) is 0 Å². The van der Waals surface area contributed by atoms with Crippen molar-refractivity contribution in [3.63, 3.8) is 0 Å². The van der Waals surface area contributed by atoms with Gasteiger partial charge in [0.1, 0.15) is 0 Å². The Balaban J connectivity index is 1.31. The molecule has 0 aromatic heterocycles. The lowest BCUT2D eigenvalue weighted by Crippen LogP contribution is -2.46. The summed E-state index contributed by atoms with van der Waals surface area (Å²) in [7, 11) is -0.833. The maximum atomic E-state index is 12.2. The summed E-state index contributed by atoms with van der Waals surface area (Å²) in [5.74, 6) is 0. The summed E-state index contributed by atoms with van der Waals surface area (Å²) in [6, 6.07) is 20.1. The molecule has 0 bridgehead atoms. The molecule has 1 fully saturated rings. The van der Waals surface area contributed by atoms with Crippen LogP contribution in [0.4, 0.5) is 0 Å². The van der Waals surface area contributed by atoms with Gasteiger partial charge in [0.25, 0.3) is 0 Å². The van der Waals surface area contributed by atoms with E-state index in [0.29, 0.717) is 26.4 Å². The molecule has 2 aromatic carbocycles. The second-order valence-corrected chi connectivity index (χ2v) is 7.80. The van der Waals surface area contributed by atoms with Gasteiger partial charge in [0.2, 0.25) is 0 Å². The molecule has 0 N–H and O–H groups in total. The fourth-order valence-electron chi connectivity index (χ4n) is 2.67. The lowest BCUT2D eigenvalue weighted by atomic mass is 10.2. The average molecular weight is 330 g/mol. The first-order chi connectivity index (χ1) is 11.3. The molecule has 4 heteroatoms. The van der Waals surface area contributed by atoms with Crippen LogP contribution in [0.2, 0.25) is 0 Å². The van der Waals surface area contributed by atoms with E-state index < -0.39 is 10.8 Å². The van der Waals surface area contributed by atoms with E-state index in [1.165, 1.54) is 0 Å². The predicted molar refractivity (Wildman–Crippen MR) is 92.5 cm³/mol. The summed E-state index contributed by atoms with van der Waals surface area (Å²) in [5, 5.41) is 0.313. The Hall–Kier alpha value is -1.49. The Kier molecular flexibility index (Phi) is 5.97. The normalized spacial score (nSPS) is 23.4. The molecule has 1 saturated heterocycles. The van der Waals surface area contributed by atoms with Crippen LogP contribution < -0.4 is 0 Å². The third-order valence-corrected chi connectivity index (χ3v) is 5.98. The van der Waals surface area contributed by atoms with E-state index in [9.17, 15) is 4.21 Å². The standard InChI is InChI=1S/C19H22O3S/c20-23-18(14-21-12-16-7-3-1-4-8-16)11-19(23)15-22-13-17-9-5-2-6-10-17/h1-10,18-19H,11-15H2/t18-,19+,23?. The monoisotopic (exact) mass is 330 g/mol. The summed E-state index contributed by atoms with van der Waals surface area (Å²) < 4.78 is 23.6. The van der Waals surface area contributed by atoms with Crippen LogP contribution in [0.1, 0.15) is 17.5 Å². The van der Waals surface area contributed by atoms with Gasteiger partial charge in [-0.2, -0.15) is 0 Å². The molecule has 0 amide bonds. The minimum atomic E-state index is -0.833. The molecule has 122 valence electrons. The number of benzene rings is 2. The molecule has 3 nitrogen and oxygen atoms in total. The molecule has 2 aromatic rings. The van der Waals surface area contributed by atoms with E-state index in [1.807, 2.05) is 60.7 Å². The van der Waals surface area contributed by atoms with Gasteiger partial charge < -0.3 is 9.47 Å². The molecule has 23 heavy (non-hydrogen) atoms. The van der Waals surface area contributed by atoms with E-state index in [0.717, 1.165) is 17.5 Å². The van der Waals surface area contributed by atoms with Gasteiger partial charge in [-0.15, -0.1) is 0 Å². The quantitative estimate of drug-likeness (QED) is 0.745. The fourth-order valence-corrected chi connectivity index (χ4v) is 4.16. The molecular weight excluding hydrogens is 308 g/mol. The number of hydrogen-bond acceptors (Lipinski definition) is 3. The molecule has 1 unspecified atom stereocenters.